The zero-order valence-electron chi connectivity index (χ0n) is 13.3. The zero-order chi connectivity index (χ0) is 17.1. The molecule has 126 valence electrons. The molecule has 0 saturated carbocycles. The van der Waals surface area contributed by atoms with Crippen molar-refractivity contribution in [2.75, 3.05) is 18.4 Å². The Morgan fingerprint density at radius 3 is 2.88 bits per heavy atom. The lowest BCUT2D eigenvalue weighted by molar-refractivity contribution is -0.121. The number of aromatic nitrogens is 1. The van der Waals surface area contributed by atoms with E-state index in [2.05, 4.69) is 26.2 Å². The Kier molecular flexibility index (Phi) is 4.99. The smallest absolute Gasteiger partial charge is 0.257 e. The molecule has 2 aromatic rings. The summed E-state index contributed by atoms with van der Waals surface area (Å²) in [5.41, 5.74) is 0.561. The number of hydrogen-bond donors (Lipinski definition) is 1. The van der Waals surface area contributed by atoms with Crippen LogP contribution in [-0.4, -0.2) is 34.8 Å². The maximum Gasteiger partial charge on any atom is 0.257 e. The van der Waals surface area contributed by atoms with Crippen molar-refractivity contribution in [2.24, 2.45) is 5.92 Å². The molecule has 7 heteroatoms. The fourth-order valence-corrected chi connectivity index (χ4v) is 3.07. The van der Waals surface area contributed by atoms with Gasteiger partial charge in [0.05, 0.1) is 17.7 Å². The first-order chi connectivity index (χ1) is 11.5. The van der Waals surface area contributed by atoms with Crippen LogP contribution in [0, 0.1) is 12.8 Å². The van der Waals surface area contributed by atoms with Crippen LogP contribution in [0.2, 0.25) is 0 Å². The molecular weight excluding hydrogens is 374 g/mol. The van der Waals surface area contributed by atoms with Crippen LogP contribution in [0.1, 0.15) is 29.0 Å². The van der Waals surface area contributed by atoms with Gasteiger partial charge in [0, 0.05) is 23.8 Å². The van der Waals surface area contributed by atoms with E-state index in [4.69, 9.17) is 4.42 Å². The lowest BCUT2D eigenvalue weighted by atomic mass is 9.96. The first-order valence-electron chi connectivity index (χ1n) is 7.80. The molecule has 1 fully saturated rings. The molecule has 3 heterocycles. The van der Waals surface area contributed by atoms with E-state index >= 15 is 0 Å². The van der Waals surface area contributed by atoms with E-state index < -0.39 is 0 Å². The van der Waals surface area contributed by atoms with Crippen molar-refractivity contribution in [1.82, 2.24) is 9.88 Å². The second kappa shape index (κ2) is 7.17. The number of amides is 2. The van der Waals surface area contributed by atoms with Gasteiger partial charge in [0.1, 0.15) is 11.6 Å². The van der Waals surface area contributed by atoms with Crippen molar-refractivity contribution in [3.63, 3.8) is 0 Å². The monoisotopic (exact) mass is 391 g/mol. The van der Waals surface area contributed by atoms with Gasteiger partial charge in [0.15, 0.2) is 0 Å². The van der Waals surface area contributed by atoms with Crippen molar-refractivity contribution in [3.05, 3.63) is 46.5 Å². The van der Waals surface area contributed by atoms with Crippen LogP contribution >= 0.6 is 15.9 Å². The van der Waals surface area contributed by atoms with E-state index in [9.17, 15) is 9.59 Å². The number of rotatable bonds is 3. The summed E-state index contributed by atoms with van der Waals surface area (Å²) in [4.78, 5) is 30.9. The van der Waals surface area contributed by atoms with Crippen molar-refractivity contribution < 1.29 is 14.0 Å². The predicted molar refractivity (Wildman–Crippen MR) is 92.6 cm³/mol. The summed E-state index contributed by atoms with van der Waals surface area (Å²) in [5.74, 6) is 0.690. The molecular formula is C17H18BrN3O3. The lowest BCUT2D eigenvalue weighted by Gasteiger charge is -2.31. The van der Waals surface area contributed by atoms with Crippen LogP contribution < -0.4 is 5.32 Å². The SMILES string of the molecule is Cc1occc1C(=O)N1CCCC(C(=O)Nc2ccc(Br)cn2)C1. The molecule has 0 bridgehead atoms. The maximum atomic E-state index is 12.6. The molecule has 2 aromatic heterocycles. The minimum Gasteiger partial charge on any atom is -0.469 e. The average Bonchev–Trinajstić information content (AvgIpc) is 3.02. The number of carbonyl (C=O) groups excluding carboxylic acids is 2. The van der Waals surface area contributed by atoms with Gasteiger partial charge in [-0.05, 0) is 53.9 Å². The highest BCUT2D eigenvalue weighted by molar-refractivity contribution is 9.10. The molecule has 0 aliphatic carbocycles. The van der Waals surface area contributed by atoms with Crippen LogP contribution in [0.3, 0.4) is 0 Å². The second-order valence-electron chi connectivity index (χ2n) is 5.83. The van der Waals surface area contributed by atoms with Crippen molar-refractivity contribution in [3.8, 4) is 0 Å². The lowest BCUT2D eigenvalue weighted by Crippen LogP contribution is -2.43. The normalized spacial score (nSPS) is 17.6. The average molecular weight is 392 g/mol. The van der Waals surface area contributed by atoms with E-state index in [1.165, 1.54) is 6.26 Å². The van der Waals surface area contributed by atoms with Gasteiger partial charge in [-0.1, -0.05) is 0 Å². The third-order valence-electron chi connectivity index (χ3n) is 4.15. The molecule has 0 radical (unpaired) electrons. The van der Waals surface area contributed by atoms with Gasteiger partial charge in [-0.3, -0.25) is 9.59 Å². The van der Waals surface area contributed by atoms with E-state index in [1.807, 2.05) is 6.07 Å². The number of carbonyl (C=O) groups is 2. The van der Waals surface area contributed by atoms with Gasteiger partial charge in [-0.2, -0.15) is 0 Å². The van der Waals surface area contributed by atoms with E-state index in [0.29, 0.717) is 30.2 Å². The van der Waals surface area contributed by atoms with Gasteiger partial charge < -0.3 is 14.6 Å². The fraction of sp³-hybridized carbons (Fsp3) is 0.353. The molecule has 6 nitrogen and oxygen atoms in total. The second-order valence-corrected chi connectivity index (χ2v) is 6.75. The number of nitrogens with zero attached hydrogens (tertiary/aromatic N) is 2. The number of anilines is 1. The van der Waals surface area contributed by atoms with Gasteiger partial charge in [-0.25, -0.2) is 4.98 Å². The topological polar surface area (TPSA) is 75.4 Å². The quantitative estimate of drug-likeness (QED) is 0.870. The summed E-state index contributed by atoms with van der Waals surface area (Å²) >= 11 is 3.31. The number of piperidine rings is 1. The third kappa shape index (κ3) is 3.67. The molecule has 24 heavy (non-hydrogen) atoms. The van der Waals surface area contributed by atoms with Crippen LogP contribution in [0.25, 0.3) is 0 Å². The molecule has 1 aliphatic rings. The number of furan rings is 1. The fourth-order valence-electron chi connectivity index (χ4n) is 2.83. The Labute approximate surface area is 148 Å². The predicted octanol–water partition coefficient (Wildman–Crippen LogP) is 3.24. The summed E-state index contributed by atoms with van der Waals surface area (Å²) < 4.78 is 6.05. The number of pyridine rings is 1. The molecule has 0 spiro atoms. The highest BCUT2D eigenvalue weighted by Gasteiger charge is 2.30. The summed E-state index contributed by atoms with van der Waals surface area (Å²) in [5, 5.41) is 2.82. The van der Waals surface area contributed by atoms with Gasteiger partial charge in [0.2, 0.25) is 5.91 Å². The Morgan fingerprint density at radius 2 is 2.21 bits per heavy atom. The summed E-state index contributed by atoms with van der Waals surface area (Å²) in [6.45, 7) is 2.83. The molecule has 1 N–H and O–H groups in total. The highest BCUT2D eigenvalue weighted by atomic mass is 79.9. The Hall–Kier alpha value is -2.15. The Morgan fingerprint density at radius 1 is 1.38 bits per heavy atom. The highest BCUT2D eigenvalue weighted by Crippen LogP contribution is 2.22. The number of nitrogens with one attached hydrogen (secondary N) is 1. The van der Waals surface area contributed by atoms with Crippen LogP contribution in [-0.2, 0) is 4.79 Å². The molecule has 3 rings (SSSR count). The maximum absolute atomic E-state index is 12.6. The molecule has 1 atom stereocenters. The minimum absolute atomic E-state index is 0.0829. The summed E-state index contributed by atoms with van der Waals surface area (Å²) in [6.07, 6.45) is 4.70. The standard InChI is InChI=1S/C17H18BrN3O3/c1-11-14(6-8-24-11)17(23)21-7-2-3-12(10-21)16(22)20-15-5-4-13(18)9-19-15/h4-6,8-9,12H,2-3,7,10H2,1H3,(H,19,20,22). The first-order valence-corrected chi connectivity index (χ1v) is 8.59. The molecule has 1 saturated heterocycles. The molecule has 1 aliphatic heterocycles. The molecule has 0 aromatic carbocycles. The van der Waals surface area contributed by atoms with E-state index in [-0.39, 0.29) is 17.7 Å². The van der Waals surface area contributed by atoms with E-state index in [0.717, 1.165) is 17.3 Å². The number of aryl methyl sites for hydroxylation is 1. The van der Waals surface area contributed by atoms with Crippen molar-refractivity contribution in [2.45, 2.75) is 19.8 Å². The summed E-state index contributed by atoms with van der Waals surface area (Å²) in [7, 11) is 0. The van der Waals surface area contributed by atoms with Crippen LogP contribution in [0.4, 0.5) is 5.82 Å². The Balaban J connectivity index is 1.64. The molecule has 1 unspecified atom stereocenters. The number of hydrogen-bond acceptors (Lipinski definition) is 4. The largest absolute Gasteiger partial charge is 0.469 e. The zero-order valence-corrected chi connectivity index (χ0v) is 14.9. The van der Waals surface area contributed by atoms with Gasteiger partial charge in [0.25, 0.3) is 5.91 Å². The first kappa shape index (κ1) is 16.7. The van der Waals surface area contributed by atoms with Crippen LogP contribution in [0.15, 0.2) is 39.5 Å². The van der Waals surface area contributed by atoms with Crippen LogP contribution in [0.5, 0.6) is 0 Å². The van der Waals surface area contributed by atoms with Crippen molar-refractivity contribution >= 4 is 33.6 Å². The number of halogens is 1. The minimum atomic E-state index is -0.236. The Bertz CT molecular complexity index is 742. The van der Waals surface area contributed by atoms with Gasteiger partial charge >= 0.3 is 0 Å². The third-order valence-corrected chi connectivity index (χ3v) is 4.62. The van der Waals surface area contributed by atoms with Gasteiger partial charge in [-0.15, -0.1) is 0 Å². The van der Waals surface area contributed by atoms with Crippen molar-refractivity contribution in [1.29, 1.82) is 0 Å². The van der Waals surface area contributed by atoms with E-state index in [1.54, 1.807) is 30.2 Å². The summed E-state index contributed by atoms with van der Waals surface area (Å²) in [6, 6.07) is 5.23. The molecule has 2 amide bonds. The number of likely N-dealkylation sites (tertiary alicyclic amines) is 1.